The standard InChI is InChI=1S/C16H19N5O/c1-11-6-17-16(18-7-11)20-8-12(9-20)10-21-15(22)5-13-3-2-4-14(13)19-21/h5-7,12H,2-4,8-10H2,1H3. The number of hydrogen-bond acceptors (Lipinski definition) is 5. The first-order chi connectivity index (χ1) is 10.7. The van der Waals surface area contributed by atoms with E-state index < -0.39 is 0 Å². The van der Waals surface area contributed by atoms with Gasteiger partial charge in [0.05, 0.1) is 12.2 Å². The molecule has 1 saturated heterocycles. The number of aromatic nitrogens is 4. The van der Waals surface area contributed by atoms with Gasteiger partial charge in [-0.15, -0.1) is 0 Å². The molecule has 2 aromatic rings. The molecule has 0 N–H and O–H groups in total. The van der Waals surface area contributed by atoms with Crippen LogP contribution < -0.4 is 10.5 Å². The first-order valence-electron chi connectivity index (χ1n) is 7.82. The summed E-state index contributed by atoms with van der Waals surface area (Å²) in [5.74, 6) is 1.21. The van der Waals surface area contributed by atoms with Gasteiger partial charge in [-0.3, -0.25) is 4.79 Å². The SMILES string of the molecule is Cc1cnc(N2CC(Cn3nc4c(cc3=O)CCC4)C2)nc1. The molecule has 0 amide bonds. The van der Waals surface area contributed by atoms with E-state index in [0.29, 0.717) is 12.5 Å². The van der Waals surface area contributed by atoms with Crippen molar-refractivity contribution in [3.05, 3.63) is 45.6 Å². The molecular formula is C16H19N5O. The molecule has 0 radical (unpaired) electrons. The molecule has 0 saturated carbocycles. The quantitative estimate of drug-likeness (QED) is 0.844. The van der Waals surface area contributed by atoms with E-state index in [1.54, 1.807) is 10.7 Å². The molecule has 3 heterocycles. The van der Waals surface area contributed by atoms with Crippen molar-refractivity contribution >= 4 is 5.95 Å². The molecule has 0 bridgehead atoms. The Morgan fingerprint density at radius 2 is 2.00 bits per heavy atom. The predicted octanol–water partition coefficient (Wildman–Crippen LogP) is 0.967. The summed E-state index contributed by atoms with van der Waals surface area (Å²) in [6.07, 6.45) is 6.79. The second kappa shape index (κ2) is 5.19. The number of hydrogen-bond donors (Lipinski definition) is 0. The highest BCUT2D eigenvalue weighted by molar-refractivity contribution is 5.33. The molecule has 1 fully saturated rings. The van der Waals surface area contributed by atoms with Crippen LogP contribution in [0.25, 0.3) is 0 Å². The number of nitrogens with zero attached hydrogens (tertiary/aromatic N) is 5. The highest BCUT2D eigenvalue weighted by Gasteiger charge is 2.29. The fraction of sp³-hybridized carbons (Fsp3) is 0.500. The van der Waals surface area contributed by atoms with E-state index in [0.717, 1.165) is 55.1 Å². The van der Waals surface area contributed by atoms with Gasteiger partial charge in [-0.2, -0.15) is 5.10 Å². The molecule has 22 heavy (non-hydrogen) atoms. The molecule has 2 aromatic heterocycles. The average Bonchev–Trinajstić information content (AvgIpc) is 2.90. The fourth-order valence-corrected chi connectivity index (χ4v) is 3.21. The third kappa shape index (κ3) is 2.38. The lowest BCUT2D eigenvalue weighted by Crippen LogP contribution is -2.50. The van der Waals surface area contributed by atoms with Crippen LogP contribution in [0.5, 0.6) is 0 Å². The maximum absolute atomic E-state index is 12.1. The van der Waals surface area contributed by atoms with Crippen LogP contribution in [0, 0.1) is 12.8 Å². The lowest BCUT2D eigenvalue weighted by Gasteiger charge is -2.39. The van der Waals surface area contributed by atoms with Gasteiger partial charge in [0.25, 0.3) is 5.56 Å². The average molecular weight is 297 g/mol. The Balaban J connectivity index is 1.42. The Kier molecular flexibility index (Phi) is 3.17. The zero-order valence-electron chi connectivity index (χ0n) is 12.7. The Bertz CT molecular complexity index is 746. The third-order valence-corrected chi connectivity index (χ3v) is 4.46. The van der Waals surface area contributed by atoms with Crippen molar-refractivity contribution in [2.45, 2.75) is 32.7 Å². The molecule has 1 aliphatic heterocycles. The minimum Gasteiger partial charge on any atom is -0.340 e. The summed E-state index contributed by atoms with van der Waals surface area (Å²) in [6.45, 7) is 4.44. The number of fused-ring (bicyclic) bond motifs is 1. The van der Waals surface area contributed by atoms with E-state index in [4.69, 9.17) is 0 Å². The van der Waals surface area contributed by atoms with Crippen molar-refractivity contribution < 1.29 is 0 Å². The molecular weight excluding hydrogens is 278 g/mol. The van der Waals surface area contributed by atoms with Gasteiger partial charge in [0.1, 0.15) is 0 Å². The first kappa shape index (κ1) is 13.4. The molecule has 6 nitrogen and oxygen atoms in total. The van der Waals surface area contributed by atoms with Crippen molar-refractivity contribution in [3.8, 4) is 0 Å². The van der Waals surface area contributed by atoms with Crippen LogP contribution in [-0.4, -0.2) is 32.8 Å². The van der Waals surface area contributed by atoms with Crippen LogP contribution in [0.2, 0.25) is 0 Å². The maximum Gasteiger partial charge on any atom is 0.267 e. The van der Waals surface area contributed by atoms with Gasteiger partial charge >= 0.3 is 0 Å². The van der Waals surface area contributed by atoms with Crippen molar-refractivity contribution in [2.75, 3.05) is 18.0 Å². The van der Waals surface area contributed by atoms with Crippen molar-refractivity contribution in [2.24, 2.45) is 5.92 Å². The summed E-state index contributed by atoms with van der Waals surface area (Å²) in [7, 11) is 0. The van der Waals surface area contributed by atoms with Crippen molar-refractivity contribution in [3.63, 3.8) is 0 Å². The summed E-state index contributed by atoms with van der Waals surface area (Å²) in [4.78, 5) is 22.9. The van der Waals surface area contributed by atoms with Gasteiger partial charge in [0, 0.05) is 37.5 Å². The Morgan fingerprint density at radius 3 is 2.77 bits per heavy atom. The zero-order chi connectivity index (χ0) is 15.1. The Morgan fingerprint density at radius 1 is 1.23 bits per heavy atom. The fourth-order valence-electron chi connectivity index (χ4n) is 3.21. The monoisotopic (exact) mass is 297 g/mol. The molecule has 0 spiro atoms. The van der Waals surface area contributed by atoms with E-state index in [2.05, 4.69) is 20.0 Å². The van der Waals surface area contributed by atoms with Crippen LogP contribution in [-0.2, 0) is 19.4 Å². The highest BCUT2D eigenvalue weighted by Crippen LogP contribution is 2.22. The smallest absolute Gasteiger partial charge is 0.267 e. The summed E-state index contributed by atoms with van der Waals surface area (Å²) in [5.41, 5.74) is 3.35. The molecule has 2 aliphatic rings. The van der Waals surface area contributed by atoms with Crippen LogP contribution in [0.4, 0.5) is 5.95 Å². The lowest BCUT2D eigenvalue weighted by atomic mass is 10.0. The van der Waals surface area contributed by atoms with E-state index in [1.165, 1.54) is 0 Å². The molecule has 0 aromatic carbocycles. The first-order valence-corrected chi connectivity index (χ1v) is 7.82. The van der Waals surface area contributed by atoms with Crippen LogP contribution in [0.1, 0.15) is 23.2 Å². The van der Waals surface area contributed by atoms with Crippen molar-refractivity contribution in [1.29, 1.82) is 0 Å². The molecule has 4 rings (SSSR count). The van der Waals surface area contributed by atoms with E-state index in [-0.39, 0.29) is 5.56 Å². The topological polar surface area (TPSA) is 63.9 Å². The number of rotatable bonds is 3. The summed E-state index contributed by atoms with van der Waals surface area (Å²) >= 11 is 0. The summed E-state index contributed by atoms with van der Waals surface area (Å²) in [6, 6.07) is 1.77. The molecule has 0 unspecified atom stereocenters. The summed E-state index contributed by atoms with van der Waals surface area (Å²) in [5, 5.41) is 4.54. The minimum atomic E-state index is 0.0330. The molecule has 114 valence electrons. The zero-order valence-corrected chi connectivity index (χ0v) is 12.7. The van der Waals surface area contributed by atoms with Gasteiger partial charge in [0.15, 0.2) is 0 Å². The summed E-state index contributed by atoms with van der Waals surface area (Å²) < 4.78 is 1.64. The second-order valence-corrected chi connectivity index (χ2v) is 6.32. The van der Waals surface area contributed by atoms with E-state index in [1.807, 2.05) is 19.3 Å². The van der Waals surface area contributed by atoms with Crippen LogP contribution >= 0.6 is 0 Å². The van der Waals surface area contributed by atoms with Gasteiger partial charge in [0.2, 0.25) is 5.95 Å². The highest BCUT2D eigenvalue weighted by atomic mass is 16.1. The van der Waals surface area contributed by atoms with Crippen molar-refractivity contribution in [1.82, 2.24) is 19.7 Å². The van der Waals surface area contributed by atoms with Gasteiger partial charge in [-0.05, 0) is 37.3 Å². The van der Waals surface area contributed by atoms with Gasteiger partial charge in [-0.25, -0.2) is 14.6 Å². The van der Waals surface area contributed by atoms with Gasteiger partial charge < -0.3 is 4.90 Å². The number of anilines is 1. The molecule has 0 atom stereocenters. The molecule has 6 heteroatoms. The minimum absolute atomic E-state index is 0.0330. The Hall–Kier alpha value is -2.24. The Labute approximate surface area is 128 Å². The normalized spacial score (nSPS) is 17.4. The number of aryl methyl sites for hydroxylation is 3. The maximum atomic E-state index is 12.1. The van der Waals surface area contributed by atoms with E-state index in [9.17, 15) is 4.79 Å². The van der Waals surface area contributed by atoms with Gasteiger partial charge in [-0.1, -0.05) is 0 Å². The second-order valence-electron chi connectivity index (χ2n) is 6.32. The van der Waals surface area contributed by atoms with E-state index >= 15 is 0 Å². The molecule has 1 aliphatic carbocycles. The third-order valence-electron chi connectivity index (χ3n) is 4.46. The van der Waals surface area contributed by atoms with Crippen LogP contribution in [0.3, 0.4) is 0 Å². The van der Waals surface area contributed by atoms with Crippen LogP contribution in [0.15, 0.2) is 23.3 Å². The lowest BCUT2D eigenvalue weighted by molar-refractivity contribution is 0.329. The predicted molar refractivity (Wildman–Crippen MR) is 83.0 cm³/mol. The largest absolute Gasteiger partial charge is 0.340 e.